The molecule has 0 radical (unpaired) electrons. The van der Waals surface area contributed by atoms with Crippen LogP contribution in [0.4, 0.5) is 5.00 Å². The van der Waals surface area contributed by atoms with E-state index < -0.39 is 0 Å². The number of halogens is 1. The molecule has 1 aliphatic heterocycles. The van der Waals surface area contributed by atoms with Crippen LogP contribution in [0.5, 0.6) is 5.75 Å². The quantitative estimate of drug-likeness (QED) is 0.376. The number of nitrogens with one attached hydrogen (secondary N) is 1. The van der Waals surface area contributed by atoms with Crippen LogP contribution < -0.4 is 10.1 Å². The Hall–Kier alpha value is -2.87. The highest BCUT2D eigenvalue weighted by Crippen LogP contribution is 2.38. The van der Waals surface area contributed by atoms with Gasteiger partial charge in [0.15, 0.2) is 0 Å². The molecule has 1 aromatic heterocycles. The van der Waals surface area contributed by atoms with E-state index in [4.69, 9.17) is 9.47 Å². The van der Waals surface area contributed by atoms with E-state index in [1.807, 2.05) is 32.0 Å². The standard InChI is InChI=1S/C27H30N2O4S.ClH/c1-4-32-27(31)24-22-14-15-29(16-19-8-6-5-7-9-19)17-23(22)34-26(24)28-25(30)20-10-12-21(13-11-20)33-18(2)3;/h5-13,18H,4,14-17H2,1-3H3,(H,28,30);1H. The summed E-state index contributed by atoms with van der Waals surface area (Å²) in [6.45, 7) is 8.41. The highest BCUT2D eigenvalue weighted by molar-refractivity contribution is 7.17. The van der Waals surface area contributed by atoms with Crippen molar-refractivity contribution in [2.45, 2.75) is 46.4 Å². The van der Waals surface area contributed by atoms with Gasteiger partial charge in [0.25, 0.3) is 5.91 Å². The lowest BCUT2D eigenvalue weighted by molar-refractivity contribution is 0.0526. The summed E-state index contributed by atoms with van der Waals surface area (Å²) in [5.74, 6) is 0.0673. The molecule has 0 saturated heterocycles. The first-order valence-corrected chi connectivity index (χ1v) is 12.4. The van der Waals surface area contributed by atoms with E-state index in [1.54, 1.807) is 31.2 Å². The molecule has 1 N–H and O–H groups in total. The molecule has 0 unspecified atom stereocenters. The van der Waals surface area contributed by atoms with Gasteiger partial charge in [-0.3, -0.25) is 9.69 Å². The van der Waals surface area contributed by atoms with Gasteiger partial charge in [-0.1, -0.05) is 30.3 Å². The zero-order valence-electron chi connectivity index (χ0n) is 20.2. The maximum Gasteiger partial charge on any atom is 0.341 e. The molecule has 3 aromatic rings. The Balaban J connectivity index is 0.00000342. The van der Waals surface area contributed by atoms with Crippen molar-refractivity contribution in [3.05, 3.63) is 81.7 Å². The van der Waals surface area contributed by atoms with Crippen LogP contribution in [0.2, 0.25) is 0 Å². The third-order valence-corrected chi connectivity index (χ3v) is 6.71. The molecule has 8 heteroatoms. The van der Waals surface area contributed by atoms with E-state index in [9.17, 15) is 9.59 Å². The van der Waals surface area contributed by atoms with Crippen molar-refractivity contribution in [3.63, 3.8) is 0 Å². The molecule has 2 aromatic carbocycles. The summed E-state index contributed by atoms with van der Waals surface area (Å²) in [5.41, 5.74) is 3.24. The summed E-state index contributed by atoms with van der Waals surface area (Å²) in [6, 6.07) is 17.4. The van der Waals surface area contributed by atoms with Gasteiger partial charge in [-0.05, 0) is 62.6 Å². The van der Waals surface area contributed by atoms with E-state index in [0.29, 0.717) is 21.9 Å². The Bertz CT molecular complexity index is 1150. The number of ether oxygens (including phenoxy) is 2. The third kappa shape index (κ3) is 6.63. The van der Waals surface area contributed by atoms with Gasteiger partial charge >= 0.3 is 5.97 Å². The van der Waals surface area contributed by atoms with Gasteiger partial charge in [0, 0.05) is 30.1 Å². The van der Waals surface area contributed by atoms with Crippen molar-refractivity contribution in [1.82, 2.24) is 4.90 Å². The smallest absolute Gasteiger partial charge is 0.341 e. The number of fused-ring (bicyclic) bond motifs is 1. The number of hydrogen-bond acceptors (Lipinski definition) is 6. The summed E-state index contributed by atoms with van der Waals surface area (Å²) in [4.78, 5) is 29.3. The molecule has 0 bridgehead atoms. The topological polar surface area (TPSA) is 67.9 Å². The average Bonchev–Trinajstić information content (AvgIpc) is 3.17. The number of amides is 1. The molecule has 1 amide bonds. The molecule has 2 heterocycles. The zero-order chi connectivity index (χ0) is 24.1. The van der Waals surface area contributed by atoms with Gasteiger partial charge < -0.3 is 14.8 Å². The summed E-state index contributed by atoms with van der Waals surface area (Å²) in [6.07, 6.45) is 0.801. The van der Waals surface area contributed by atoms with Crippen LogP contribution in [0, 0.1) is 0 Å². The maximum atomic E-state index is 13.0. The normalized spacial score (nSPS) is 13.0. The zero-order valence-corrected chi connectivity index (χ0v) is 21.8. The van der Waals surface area contributed by atoms with Gasteiger partial charge in [0.2, 0.25) is 0 Å². The van der Waals surface area contributed by atoms with Crippen molar-refractivity contribution < 1.29 is 19.1 Å². The fourth-order valence-electron chi connectivity index (χ4n) is 4.07. The number of carbonyl (C=O) groups excluding carboxylic acids is 2. The monoisotopic (exact) mass is 514 g/mol. The van der Waals surface area contributed by atoms with Crippen molar-refractivity contribution in [2.24, 2.45) is 0 Å². The largest absolute Gasteiger partial charge is 0.491 e. The van der Waals surface area contributed by atoms with Gasteiger partial charge in [-0.25, -0.2) is 4.79 Å². The predicted octanol–water partition coefficient (Wildman–Crippen LogP) is 5.94. The Morgan fingerprint density at radius 1 is 1.09 bits per heavy atom. The number of benzene rings is 2. The Morgan fingerprint density at radius 2 is 1.80 bits per heavy atom. The number of esters is 1. The number of anilines is 1. The molecule has 0 spiro atoms. The van der Waals surface area contributed by atoms with Crippen LogP contribution in [0.3, 0.4) is 0 Å². The van der Waals surface area contributed by atoms with Gasteiger partial charge in [-0.15, -0.1) is 23.7 Å². The van der Waals surface area contributed by atoms with E-state index in [1.165, 1.54) is 16.9 Å². The second kappa shape index (κ2) is 12.2. The first-order valence-electron chi connectivity index (χ1n) is 11.6. The summed E-state index contributed by atoms with van der Waals surface area (Å²) >= 11 is 1.47. The van der Waals surface area contributed by atoms with Crippen molar-refractivity contribution in [3.8, 4) is 5.75 Å². The lowest BCUT2D eigenvalue weighted by Gasteiger charge is -2.27. The minimum Gasteiger partial charge on any atom is -0.491 e. The van der Waals surface area contributed by atoms with Crippen molar-refractivity contribution >= 4 is 40.6 Å². The lowest BCUT2D eigenvalue weighted by atomic mass is 10.0. The maximum absolute atomic E-state index is 13.0. The molecule has 0 fully saturated rings. The molecule has 6 nitrogen and oxygen atoms in total. The molecule has 0 saturated carbocycles. The van der Waals surface area contributed by atoms with Gasteiger partial charge in [0.1, 0.15) is 10.8 Å². The van der Waals surface area contributed by atoms with Crippen LogP contribution >= 0.6 is 23.7 Å². The summed E-state index contributed by atoms with van der Waals surface area (Å²) in [5, 5.41) is 3.52. The first-order chi connectivity index (χ1) is 16.4. The van der Waals surface area contributed by atoms with Crippen molar-refractivity contribution in [2.75, 3.05) is 18.5 Å². The molecular weight excluding hydrogens is 484 g/mol. The average molecular weight is 515 g/mol. The molecule has 4 rings (SSSR count). The molecule has 186 valence electrons. The second-order valence-electron chi connectivity index (χ2n) is 8.52. The Kier molecular flexibility index (Phi) is 9.32. The number of rotatable bonds is 8. The fourth-order valence-corrected chi connectivity index (χ4v) is 5.35. The number of nitrogens with zero attached hydrogens (tertiary/aromatic N) is 1. The van der Waals surface area contributed by atoms with Gasteiger partial charge in [-0.2, -0.15) is 0 Å². The summed E-state index contributed by atoms with van der Waals surface area (Å²) in [7, 11) is 0. The molecule has 1 aliphatic rings. The second-order valence-corrected chi connectivity index (χ2v) is 9.62. The summed E-state index contributed by atoms with van der Waals surface area (Å²) < 4.78 is 11.0. The first kappa shape index (κ1) is 26.7. The Morgan fingerprint density at radius 3 is 2.46 bits per heavy atom. The molecular formula is C27H31ClN2O4S. The van der Waals surface area contributed by atoms with Crippen LogP contribution in [0.25, 0.3) is 0 Å². The number of thiophene rings is 1. The minimum atomic E-state index is -0.382. The van der Waals surface area contributed by atoms with E-state index in [-0.39, 0.29) is 37.0 Å². The Labute approximate surface area is 216 Å². The van der Waals surface area contributed by atoms with Crippen LogP contribution in [-0.4, -0.2) is 36.0 Å². The third-order valence-electron chi connectivity index (χ3n) is 5.58. The molecule has 0 aliphatic carbocycles. The minimum absolute atomic E-state index is 0. The predicted molar refractivity (Wildman–Crippen MR) is 142 cm³/mol. The highest BCUT2D eigenvalue weighted by atomic mass is 35.5. The van der Waals surface area contributed by atoms with E-state index >= 15 is 0 Å². The number of hydrogen-bond donors (Lipinski definition) is 1. The van der Waals surface area contributed by atoms with Gasteiger partial charge in [0.05, 0.1) is 18.3 Å². The van der Waals surface area contributed by atoms with Crippen LogP contribution in [0.15, 0.2) is 54.6 Å². The fraction of sp³-hybridized carbons (Fsp3) is 0.333. The van der Waals surface area contributed by atoms with E-state index in [2.05, 4.69) is 22.3 Å². The number of carbonyl (C=O) groups is 2. The molecule has 0 atom stereocenters. The highest BCUT2D eigenvalue weighted by Gasteiger charge is 2.29. The van der Waals surface area contributed by atoms with E-state index in [0.717, 1.165) is 36.5 Å². The van der Waals surface area contributed by atoms with Crippen LogP contribution in [0.1, 0.15) is 57.5 Å². The SMILES string of the molecule is CCOC(=O)c1c(NC(=O)c2ccc(OC(C)C)cc2)sc2c1CCN(Cc1ccccc1)C2.Cl. The lowest BCUT2D eigenvalue weighted by Crippen LogP contribution is -2.29. The van der Waals surface area contributed by atoms with Crippen molar-refractivity contribution in [1.29, 1.82) is 0 Å². The van der Waals surface area contributed by atoms with Crippen LogP contribution in [-0.2, 0) is 24.2 Å². The molecule has 35 heavy (non-hydrogen) atoms.